The molecule has 10 heteroatoms. The zero-order valence-electron chi connectivity index (χ0n) is 22.2. The largest absolute Gasteiger partial charge is 0.480 e. The predicted octanol–water partition coefficient (Wildman–Crippen LogP) is 3.20. The molecule has 1 heterocycles. The maximum absolute atomic E-state index is 13.9. The summed E-state index contributed by atoms with van der Waals surface area (Å²) in [5.74, 6) is -1.51. The van der Waals surface area contributed by atoms with Crippen LogP contribution >= 0.6 is 11.8 Å². The highest BCUT2D eigenvalue weighted by atomic mass is 32.2. The number of carboxylic acid groups (broad SMARTS) is 1. The minimum atomic E-state index is -1.12. The predicted molar refractivity (Wildman–Crippen MR) is 140 cm³/mol. The van der Waals surface area contributed by atoms with E-state index in [4.69, 9.17) is 4.74 Å². The highest BCUT2D eigenvalue weighted by Crippen LogP contribution is 2.28. The fourth-order valence-electron chi connectivity index (χ4n) is 3.99. The van der Waals surface area contributed by atoms with E-state index in [2.05, 4.69) is 10.6 Å². The average Bonchev–Trinajstić information content (AvgIpc) is 2.76. The number of carbonyl (C=O) groups excluding carboxylic acids is 3. The van der Waals surface area contributed by atoms with Crippen molar-refractivity contribution in [1.82, 2.24) is 15.5 Å². The van der Waals surface area contributed by atoms with Crippen LogP contribution in [0.25, 0.3) is 0 Å². The van der Waals surface area contributed by atoms with Crippen molar-refractivity contribution in [1.29, 1.82) is 0 Å². The molecule has 3 amide bonds. The molecule has 2 unspecified atom stereocenters. The molecule has 0 spiro atoms. The first-order valence-electron chi connectivity index (χ1n) is 12.0. The molecule has 0 aromatic heterocycles. The van der Waals surface area contributed by atoms with Crippen molar-refractivity contribution < 1.29 is 29.0 Å². The number of hydrogen-bond acceptors (Lipinski definition) is 6. The zero-order valence-corrected chi connectivity index (χ0v) is 23.0. The van der Waals surface area contributed by atoms with Gasteiger partial charge in [0, 0.05) is 13.0 Å². The summed E-state index contributed by atoms with van der Waals surface area (Å²) < 4.78 is 5.38. The van der Waals surface area contributed by atoms with Crippen molar-refractivity contribution in [2.45, 2.75) is 84.7 Å². The summed E-state index contributed by atoms with van der Waals surface area (Å²) in [5.41, 5.74) is 0.389. The van der Waals surface area contributed by atoms with E-state index in [9.17, 15) is 24.3 Å². The molecule has 3 atom stereocenters. The van der Waals surface area contributed by atoms with Gasteiger partial charge in [-0.25, -0.2) is 9.59 Å². The molecule has 0 saturated carbocycles. The van der Waals surface area contributed by atoms with E-state index in [1.807, 2.05) is 51.3 Å². The summed E-state index contributed by atoms with van der Waals surface area (Å²) in [4.78, 5) is 53.1. The molecule has 1 aliphatic heterocycles. The van der Waals surface area contributed by atoms with E-state index in [0.717, 1.165) is 11.1 Å². The van der Waals surface area contributed by atoms with Gasteiger partial charge < -0.3 is 25.4 Å². The molecule has 0 aliphatic carbocycles. The van der Waals surface area contributed by atoms with Gasteiger partial charge in [0.25, 0.3) is 0 Å². The lowest BCUT2D eigenvalue weighted by Crippen LogP contribution is -2.61. The molecule has 0 saturated heterocycles. The molecule has 3 N–H and O–H groups in total. The quantitative estimate of drug-likeness (QED) is 0.480. The number of carbonyl (C=O) groups is 4. The fourth-order valence-corrected chi connectivity index (χ4v) is 4.46. The van der Waals surface area contributed by atoms with E-state index >= 15 is 0 Å². The van der Waals surface area contributed by atoms with Gasteiger partial charge in [0.15, 0.2) is 0 Å². The maximum Gasteiger partial charge on any atom is 0.408 e. The molecule has 1 aliphatic rings. The standard InChI is InChI=1S/C26H39N3O6S/c1-25(2,3)20(28-24(34)35-26(4,5)6)22(31)29-15-17-11-9-8-10-16(17)14-19(29)21(30)27-18(23(32)33)12-13-36-7/h8-11,18-20H,12-15H2,1-7H3,(H,27,30)(H,28,34)(H,32,33)/t18?,19?,20-/m1/s1. The Balaban J connectivity index is 2.38. The van der Waals surface area contributed by atoms with Gasteiger partial charge in [-0.15, -0.1) is 0 Å². The number of hydrogen-bond donors (Lipinski definition) is 3. The van der Waals surface area contributed by atoms with Crippen molar-refractivity contribution in [3.8, 4) is 0 Å². The number of ether oxygens (including phenoxy) is 1. The normalized spacial score (nSPS) is 17.4. The van der Waals surface area contributed by atoms with Crippen molar-refractivity contribution in [2.75, 3.05) is 12.0 Å². The monoisotopic (exact) mass is 521 g/mol. The lowest BCUT2D eigenvalue weighted by atomic mass is 9.84. The zero-order chi connectivity index (χ0) is 27.3. The smallest absolute Gasteiger partial charge is 0.408 e. The van der Waals surface area contributed by atoms with Crippen LogP contribution in [0, 0.1) is 5.41 Å². The van der Waals surface area contributed by atoms with Crippen LogP contribution in [-0.2, 0) is 32.1 Å². The molecule has 0 fully saturated rings. The molecule has 36 heavy (non-hydrogen) atoms. The van der Waals surface area contributed by atoms with Gasteiger partial charge in [0.2, 0.25) is 11.8 Å². The Kier molecular flexibility index (Phi) is 9.82. The van der Waals surface area contributed by atoms with Gasteiger partial charge in [-0.05, 0) is 55.7 Å². The second-order valence-corrected chi connectivity index (χ2v) is 12.1. The summed E-state index contributed by atoms with van der Waals surface area (Å²) in [7, 11) is 0. The lowest BCUT2D eigenvalue weighted by Gasteiger charge is -2.41. The molecule has 0 radical (unpaired) electrons. The second-order valence-electron chi connectivity index (χ2n) is 11.1. The van der Waals surface area contributed by atoms with Crippen molar-refractivity contribution in [3.63, 3.8) is 0 Å². The van der Waals surface area contributed by atoms with Gasteiger partial charge >= 0.3 is 12.1 Å². The van der Waals surface area contributed by atoms with E-state index < -0.39 is 53.0 Å². The number of amides is 3. The Morgan fingerprint density at radius 3 is 2.22 bits per heavy atom. The topological polar surface area (TPSA) is 125 Å². The molecule has 200 valence electrons. The molecule has 1 aromatic carbocycles. The number of fused-ring (bicyclic) bond motifs is 1. The summed E-state index contributed by atoms with van der Waals surface area (Å²) in [6, 6.07) is 4.58. The first kappa shape index (κ1) is 29.5. The maximum atomic E-state index is 13.9. The van der Waals surface area contributed by atoms with Crippen LogP contribution in [0.5, 0.6) is 0 Å². The minimum Gasteiger partial charge on any atom is -0.480 e. The van der Waals surface area contributed by atoms with Crippen LogP contribution in [0.3, 0.4) is 0 Å². The number of benzene rings is 1. The Morgan fingerprint density at radius 2 is 1.69 bits per heavy atom. The van der Waals surface area contributed by atoms with Gasteiger partial charge in [-0.3, -0.25) is 9.59 Å². The highest BCUT2D eigenvalue weighted by molar-refractivity contribution is 7.98. The third kappa shape index (κ3) is 8.15. The first-order chi connectivity index (χ1) is 16.6. The summed E-state index contributed by atoms with van der Waals surface area (Å²) in [6.45, 7) is 10.8. The number of alkyl carbamates (subject to hydrolysis) is 1. The van der Waals surface area contributed by atoms with Gasteiger partial charge in [0.1, 0.15) is 23.7 Å². The highest BCUT2D eigenvalue weighted by Gasteiger charge is 2.43. The molecular weight excluding hydrogens is 482 g/mol. The number of nitrogens with zero attached hydrogens (tertiary/aromatic N) is 1. The molecule has 2 rings (SSSR count). The Hall–Kier alpha value is -2.75. The molecule has 9 nitrogen and oxygen atoms in total. The van der Waals surface area contributed by atoms with Gasteiger partial charge in [-0.1, -0.05) is 45.0 Å². The van der Waals surface area contributed by atoms with Crippen molar-refractivity contribution >= 4 is 35.6 Å². The summed E-state index contributed by atoms with van der Waals surface area (Å²) >= 11 is 1.49. The fraction of sp³-hybridized carbons (Fsp3) is 0.615. The van der Waals surface area contributed by atoms with Crippen LogP contribution in [0.2, 0.25) is 0 Å². The minimum absolute atomic E-state index is 0.165. The summed E-state index contributed by atoms with van der Waals surface area (Å²) in [5, 5.41) is 14.9. The average molecular weight is 522 g/mol. The first-order valence-corrected chi connectivity index (χ1v) is 13.4. The molecular formula is C26H39N3O6S. The van der Waals surface area contributed by atoms with Crippen LogP contribution in [0.15, 0.2) is 24.3 Å². The van der Waals surface area contributed by atoms with E-state index in [1.54, 1.807) is 20.8 Å². The van der Waals surface area contributed by atoms with Crippen molar-refractivity contribution in [2.24, 2.45) is 5.41 Å². The molecule has 0 bridgehead atoms. The SMILES string of the molecule is CSCCC(NC(=O)C1Cc2ccccc2CN1C(=O)[C@@H](NC(=O)OC(C)(C)C)C(C)(C)C)C(=O)O. The number of rotatable bonds is 8. The second kappa shape index (κ2) is 12.0. The van der Waals surface area contributed by atoms with Crippen LogP contribution in [-0.4, -0.2) is 69.6 Å². The lowest BCUT2D eigenvalue weighted by molar-refractivity contribution is -0.147. The Morgan fingerprint density at radius 1 is 1.08 bits per heavy atom. The molecule has 1 aromatic rings. The van der Waals surface area contributed by atoms with E-state index in [-0.39, 0.29) is 19.4 Å². The van der Waals surface area contributed by atoms with Gasteiger partial charge in [-0.2, -0.15) is 11.8 Å². The van der Waals surface area contributed by atoms with Crippen LogP contribution in [0.4, 0.5) is 4.79 Å². The number of thioether (sulfide) groups is 1. The van der Waals surface area contributed by atoms with Crippen LogP contribution in [0.1, 0.15) is 59.1 Å². The number of aliphatic carboxylic acids is 1. The Bertz CT molecular complexity index is 969. The van der Waals surface area contributed by atoms with Crippen molar-refractivity contribution in [3.05, 3.63) is 35.4 Å². The Labute approximate surface area is 217 Å². The number of nitrogens with one attached hydrogen (secondary N) is 2. The third-order valence-electron chi connectivity index (χ3n) is 5.83. The van der Waals surface area contributed by atoms with E-state index in [0.29, 0.717) is 5.75 Å². The summed E-state index contributed by atoms with van der Waals surface area (Å²) in [6.07, 6.45) is 1.65. The van der Waals surface area contributed by atoms with E-state index in [1.165, 1.54) is 16.7 Å². The van der Waals surface area contributed by atoms with Crippen LogP contribution < -0.4 is 10.6 Å². The van der Waals surface area contributed by atoms with Gasteiger partial charge in [0.05, 0.1) is 0 Å². The third-order valence-corrected chi connectivity index (χ3v) is 6.48. The number of carboxylic acids is 1.